The summed E-state index contributed by atoms with van der Waals surface area (Å²) >= 11 is 0. The molecule has 2 heterocycles. The maximum atomic E-state index is 14.8. The zero-order valence-corrected chi connectivity index (χ0v) is 23.8. The first-order chi connectivity index (χ1) is 19.8. The van der Waals surface area contributed by atoms with Gasteiger partial charge in [-0.2, -0.15) is 4.98 Å². The summed E-state index contributed by atoms with van der Waals surface area (Å²) in [6, 6.07) is 11.7. The third-order valence-electron chi connectivity index (χ3n) is 6.95. The second-order valence-electron chi connectivity index (χ2n) is 9.87. The highest BCUT2D eigenvalue weighted by molar-refractivity contribution is 5.85. The van der Waals surface area contributed by atoms with Gasteiger partial charge >= 0.3 is 6.09 Å². The van der Waals surface area contributed by atoms with Gasteiger partial charge < -0.3 is 24.6 Å². The average Bonchev–Trinajstić information content (AvgIpc) is 2.97. The van der Waals surface area contributed by atoms with Crippen molar-refractivity contribution in [3.05, 3.63) is 60.0 Å². The molecule has 11 nitrogen and oxygen atoms in total. The van der Waals surface area contributed by atoms with E-state index in [9.17, 15) is 14.3 Å². The van der Waals surface area contributed by atoms with Crippen molar-refractivity contribution >= 4 is 23.5 Å². The lowest BCUT2D eigenvalue weighted by molar-refractivity contribution is 0.0965. The minimum Gasteiger partial charge on any atom is -0.497 e. The number of carboxylic acid groups (broad SMARTS) is 1. The number of nitrogens with one attached hydrogen (secondary N) is 1. The van der Waals surface area contributed by atoms with Crippen molar-refractivity contribution in [3.8, 4) is 17.2 Å². The summed E-state index contributed by atoms with van der Waals surface area (Å²) < 4.78 is 31.2. The first kappa shape index (κ1) is 29.8. The predicted molar refractivity (Wildman–Crippen MR) is 154 cm³/mol. The lowest BCUT2D eigenvalue weighted by Crippen LogP contribution is -2.49. The molecule has 220 valence electrons. The van der Waals surface area contributed by atoms with E-state index in [2.05, 4.69) is 38.9 Å². The molecular formula is C29H37FN6O5. The predicted octanol–water partition coefficient (Wildman–Crippen LogP) is 4.47. The second kappa shape index (κ2) is 14.0. The number of nitrogens with zero attached hydrogens (tertiary/aromatic N) is 5. The second-order valence-corrected chi connectivity index (χ2v) is 9.87. The number of benzene rings is 2. The van der Waals surface area contributed by atoms with E-state index in [1.807, 2.05) is 0 Å². The quantitative estimate of drug-likeness (QED) is 0.325. The molecule has 2 N–H and O–H groups in total. The minimum absolute atomic E-state index is 0.0414. The minimum atomic E-state index is -1.21. The molecule has 0 bridgehead atoms. The van der Waals surface area contributed by atoms with Gasteiger partial charge in [-0.25, -0.2) is 14.2 Å². The topological polar surface area (TPSA) is 113 Å². The van der Waals surface area contributed by atoms with E-state index in [4.69, 9.17) is 14.2 Å². The van der Waals surface area contributed by atoms with E-state index in [1.54, 1.807) is 30.3 Å². The van der Waals surface area contributed by atoms with Gasteiger partial charge in [-0.3, -0.25) is 14.7 Å². The monoisotopic (exact) mass is 568 g/mol. The summed E-state index contributed by atoms with van der Waals surface area (Å²) in [4.78, 5) is 26.5. The SMILES string of the molecule is COc1ccc(OC)c(CN(C(=O)O)c2ccnc(Nc3ccc(OCCN4CCN(C(C)C)CC4)c(F)c3)n2)c1. The fourth-order valence-corrected chi connectivity index (χ4v) is 4.59. The number of aromatic nitrogens is 2. The van der Waals surface area contributed by atoms with Gasteiger partial charge in [0.1, 0.15) is 23.9 Å². The zero-order valence-electron chi connectivity index (χ0n) is 23.8. The molecule has 3 aromatic rings. The van der Waals surface area contributed by atoms with Gasteiger partial charge in [-0.1, -0.05) is 0 Å². The van der Waals surface area contributed by atoms with Gasteiger partial charge in [-0.15, -0.1) is 0 Å². The Morgan fingerprint density at radius 1 is 1.07 bits per heavy atom. The Bertz CT molecular complexity index is 1320. The van der Waals surface area contributed by atoms with Gasteiger partial charge in [0.05, 0.1) is 20.8 Å². The van der Waals surface area contributed by atoms with Gasteiger partial charge in [0.2, 0.25) is 5.95 Å². The molecule has 41 heavy (non-hydrogen) atoms. The largest absolute Gasteiger partial charge is 0.497 e. The van der Waals surface area contributed by atoms with Crippen LogP contribution in [0, 0.1) is 5.82 Å². The Labute approximate surface area is 239 Å². The van der Waals surface area contributed by atoms with Crippen LogP contribution in [0.1, 0.15) is 19.4 Å². The normalized spacial score (nSPS) is 14.1. The molecule has 1 aliphatic heterocycles. The third kappa shape index (κ3) is 7.95. The molecule has 1 fully saturated rings. The number of rotatable bonds is 12. The van der Waals surface area contributed by atoms with Crippen LogP contribution in [0.4, 0.5) is 26.6 Å². The molecule has 0 atom stereocenters. The molecule has 1 aromatic heterocycles. The highest BCUT2D eigenvalue weighted by Crippen LogP contribution is 2.28. The van der Waals surface area contributed by atoms with Crippen LogP contribution in [0.5, 0.6) is 17.2 Å². The molecule has 12 heteroatoms. The van der Waals surface area contributed by atoms with Crippen LogP contribution in [0.15, 0.2) is 48.7 Å². The van der Waals surface area contributed by atoms with Crippen molar-refractivity contribution in [2.75, 3.05) is 63.8 Å². The summed E-state index contributed by atoms with van der Waals surface area (Å²) in [6.07, 6.45) is 0.215. The van der Waals surface area contributed by atoms with Crippen molar-refractivity contribution < 1.29 is 28.5 Å². The van der Waals surface area contributed by atoms with Crippen LogP contribution < -0.4 is 24.4 Å². The number of methoxy groups -OCH3 is 2. The standard InChI is InChI=1S/C29H37FN6O5/c1-20(2)35-13-11-34(12-14-35)15-16-41-26-7-5-22(18-24(26)30)32-28-31-10-9-27(33-28)36(29(37)38)19-21-17-23(39-3)6-8-25(21)40-4/h5-10,17-18,20H,11-16,19H2,1-4H3,(H,37,38)(H,31,32,33). The molecule has 0 saturated carbocycles. The van der Waals surface area contributed by atoms with Crippen molar-refractivity contribution in [1.29, 1.82) is 0 Å². The number of hydrogen-bond acceptors (Lipinski definition) is 9. The van der Waals surface area contributed by atoms with Crippen molar-refractivity contribution in [1.82, 2.24) is 19.8 Å². The summed E-state index contributed by atoms with van der Waals surface area (Å²) in [5.41, 5.74) is 0.992. The number of halogens is 1. The molecule has 2 aromatic carbocycles. The number of anilines is 3. The molecule has 0 spiro atoms. The van der Waals surface area contributed by atoms with E-state index in [0.29, 0.717) is 35.4 Å². The number of hydrogen-bond donors (Lipinski definition) is 2. The van der Waals surface area contributed by atoms with Crippen LogP contribution >= 0.6 is 0 Å². The first-order valence-electron chi connectivity index (χ1n) is 13.5. The Kier molecular flexibility index (Phi) is 10.1. The molecule has 1 aliphatic rings. The summed E-state index contributed by atoms with van der Waals surface area (Å²) in [7, 11) is 3.04. The summed E-state index contributed by atoms with van der Waals surface area (Å²) in [5.74, 6) is 0.962. The van der Waals surface area contributed by atoms with Crippen LogP contribution in [0.2, 0.25) is 0 Å². The van der Waals surface area contributed by atoms with Crippen molar-refractivity contribution in [2.45, 2.75) is 26.4 Å². The van der Waals surface area contributed by atoms with Crippen LogP contribution in [0.25, 0.3) is 0 Å². The smallest absolute Gasteiger partial charge is 0.413 e. The highest BCUT2D eigenvalue weighted by atomic mass is 19.1. The number of ether oxygens (including phenoxy) is 3. The summed E-state index contributed by atoms with van der Waals surface area (Å²) in [6.45, 7) is 9.47. The summed E-state index contributed by atoms with van der Waals surface area (Å²) in [5, 5.41) is 12.9. The van der Waals surface area contributed by atoms with E-state index >= 15 is 0 Å². The third-order valence-corrected chi connectivity index (χ3v) is 6.95. The van der Waals surface area contributed by atoms with E-state index in [-0.39, 0.29) is 24.1 Å². The molecule has 1 saturated heterocycles. The lowest BCUT2D eigenvalue weighted by atomic mass is 10.1. The number of carbonyl (C=O) groups is 1. The van der Waals surface area contributed by atoms with Gasteiger partial charge in [-0.05, 0) is 50.2 Å². The van der Waals surface area contributed by atoms with Gasteiger partial charge in [0, 0.05) is 62.3 Å². The van der Waals surface area contributed by atoms with Crippen LogP contribution in [-0.4, -0.2) is 90.6 Å². The average molecular weight is 569 g/mol. The van der Waals surface area contributed by atoms with E-state index in [0.717, 1.165) is 37.6 Å². The molecule has 0 unspecified atom stereocenters. The Morgan fingerprint density at radius 3 is 2.49 bits per heavy atom. The number of piperazine rings is 1. The Balaban J connectivity index is 1.38. The first-order valence-corrected chi connectivity index (χ1v) is 13.5. The van der Waals surface area contributed by atoms with Crippen molar-refractivity contribution in [3.63, 3.8) is 0 Å². The fourth-order valence-electron chi connectivity index (χ4n) is 4.59. The Hall–Kier alpha value is -4.16. The lowest BCUT2D eigenvalue weighted by Gasteiger charge is -2.36. The highest BCUT2D eigenvalue weighted by Gasteiger charge is 2.21. The molecule has 1 amide bonds. The fraction of sp³-hybridized carbons (Fsp3) is 0.414. The molecule has 4 rings (SSSR count). The van der Waals surface area contributed by atoms with E-state index < -0.39 is 11.9 Å². The van der Waals surface area contributed by atoms with Crippen LogP contribution in [0.3, 0.4) is 0 Å². The van der Waals surface area contributed by atoms with Gasteiger partial charge in [0.25, 0.3) is 0 Å². The van der Waals surface area contributed by atoms with Crippen LogP contribution in [-0.2, 0) is 6.54 Å². The molecular weight excluding hydrogens is 531 g/mol. The maximum Gasteiger partial charge on any atom is 0.413 e. The number of amides is 1. The maximum absolute atomic E-state index is 14.8. The van der Waals surface area contributed by atoms with E-state index in [1.165, 1.54) is 32.5 Å². The Morgan fingerprint density at radius 2 is 1.83 bits per heavy atom. The zero-order chi connectivity index (χ0) is 29.4. The van der Waals surface area contributed by atoms with Crippen molar-refractivity contribution in [2.24, 2.45) is 0 Å². The molecule has 0 aliphatic carbocycles. The van der Waals surface area contributed by atoms with Gasteiger partial charge in [0.15, 0.2) is 11.6 Å². The molecule has 0 radical (unpaired) electrons.